The lowest BCUT2D eigenvalue weighted by atomic mass is 10.1. The number of rotatable bonds is 3. The first-order chi connectivity index (χ1) is 9.27. The number of hydrogen-bond donors (Lipinski definition) is 0. The summed E-state index contributed by atoms with van der Waals surface area (Å²) in [7, 11) is 0. The van der Waals surface area contributed by atoms with Gasteiger partial charge in [0.2, 0.25) is 0 Å². The molecule has 1 heteroatoms. The number of allylic oxidation sites excluding steroid dienone is 1. The number of ketones is 1. The predicted molar refractivity (Wildman–Crippen MR) is 82.2 cm³/mol. The molecule has 2 aromatic carbocycles. The molecule has 0 bridgehead atoms. The third-order valence-corrected chi connectivity index (χ3v) is 2.29. The molecule has 0 saturated heterocycles. The highest BCUT2D eigenvalue weighted by Gasteiger charge is 1.98. The molecule has 0 heterocycles. The molecule has 0 amide bonds. The summed E-state index contributed by atoms with van der Waals surface area (Å²) in [6, 6.07) is 19.1. The lowest BCUT2D eigenvalue weighted by molar-refractivity contribution is 0.104. The summed E-state index contributed by atoms with van der Waals surface area (Å²) in [5, 5.41) is 0. The fourth-order valence-corrected chi connectivity index (χ4v) is 1.43. The Bertz CT molecular complexity index is 498. The van der Waals surface area contributed by atoms with Gasteiger partial charge < -0.3 is 0 Å². The van der Waals surface area contributed by atoms with Crippen LogP contribution in [0.1, 0.15) is 36.2 Å². The molecule has 2 aromatic rings. The fourth-order valence-electron chi connectivity index (χ4n) is 1.43. The van der Waals surface area contributed by atoms with E-state index in [0.29, 0.717) is 0 Å². The van der Waals surface area contributed by atoms with E-state index in [2.05, 4.69) is 13.8 Å². The van der Waals surface area contributed by atoms with Crippen LogP contribution in [0.3, 0.4) is 0 Å². The highest BCUT2D eigenvalue weighted by molar-refractivity contribution is 6.06. The Labute approximate surface area is 115 Å². The largest absolute Gasteiger partial charge is 0.289 e. The highest BCUT2D eigenvalue weighted by atomic mass is 16.1. The van der Waals surface area contributed by atoms with Crippen LogP contribution in [-0.2, 0) is 0 Å². The minimum absolute atomic E-state index is 0.0319. The van der Waals surface area contributed by atoms with Crippen molar-refractivity contribution >= 4 is 11.9 Å². The van der Waals surface area contributed by atoms with E-state index in [0.717, 1.165) is 11.1 Å². The van der Waals surface area contributed by atoms with E-state index in [1.807, 2.05) is 66.7 Å². The van der Waals surface area contributed by atoms with Gasteiger partial charge in [-0.1, -0.05) is 87.0 Å². The van der Waals surface area contributed by atoms with Crippen LogP contribution in [0, 0.1) is 0 Å². The van der Waals surface area contributed by atoms with Crippen molar-refractivity contribution in [3.8, 4) is 0 Å². The minimum Gasteiger partial charge on any atom is -0.289 e. The second-order valence-corrected chi connectivity index (χ2v) is 4.18. The van der Waals surface area contributed by atoms with Crippen LogP contribution in [0.4, 0.5) is 0 Å². The standard InChI is InChI=1S/C15H12O.C3H8/c16-15(14-9-5-2-6-10-14)12-11-13-7-3-1-4-8-13;1-3-2/h1-12H;3H2,1-2H3/b12-11+;. The first-order valence-electron chi connectivity index (χ1n) is 6.60. The summed E-state index contributed by atoms with van der Waals surface area (Å²) in [5.41, 5.74) is 1.75. The van der Waals surface area contributed by atoms with Crippen LogP contribution in [0.15, 0.2) is 66.7 Å². The Balaban J connectivity index is 0.000000550. The second-order valence-electron chi connectivity index (χ2n) is 4.18. The minimum atomic E-state index is 0.0319. The van der Waals surface area contributed by atoms with Crippen LogP contribution in [0.2, 0.25) is 0 Å². The molecule has 0 atom stereocenters. The van der Waals surface area contributed by atoms with Crippen molar-refractivity contribution in [2.75, 3.05) is 0 Å². The van der Waals surface area contributed by atoms with Gasteiger partial charge in [-0.2, -0.15) is 0 Å². The van der Waals surface area contributed by atoms with Gasteiger partial charge in [0.1, 0.15) is 0 Å². The monoisotopic (exact) mass is 252 g/mol. The maximum atomic E-state index is 11.7. The van der Waals surface area contributed by atoms with Gasteiger partial charge in [-0.05, 0) is 11.6 Å². The lowest BCUT2D eigenvalue weighted by Gasteiger charge is -1.94. The van der Waals surface area contributed by atoms with Gasteiger partial charge in [-0.3, -0.25) is 4.79 Å². The van der Waals surface area contributed by atoms with E-state index < -0.39 is 0 Å². The molecule has 0 unspecified atom stereocenters. The van der Waals surface area contributed by atoms with Gasteiger partial charge in [0, 0.05) is 5.56 Å². The molecule has 0 aliphatic carbocycles. The molecule has 0 aliphatic rings. The van der Waals surface area contributed by atoms with Crippen molar-refractivity contribution in [3.05, 3.63) is 77.9 Å². The van der Waals surface area contributed by atoms with Crippen LogP contribution >= 0.6 is 0 Å². The Morgan fingerprint density at radius 3 is 1.89 bits per heavy atom. The molecule has 0 spiro atoms. The molecule has 0 fully saturated rings. The Morgan fingerprint density at radius 1 is 0.895 bits per heavy atom. The third kappa shape index (κ3) is 5.82. The Morgan fingerprint density at radius 2 is 1.37 bits per heavy atom. The van der Waals surface area contributed by atoms with Gasteiger partial charge >= 0.3 is 0 Å². The van der Waals surface area contributed by atoms with Crippen molar-refractivity contribution in [2.24, 2.45) is 0 Å². The molecule has 98 valence electrons. The number of benzene rings is 2. The zero-order valence-corrected chi connectivity index (χ0v) is 11.5. The van der Waals surface area contributed by atoms with Crippen LogP contribution in [0.5, 0.6) is 0 Å². The Hall–Kier alpha value is -2.15. The summed E-state index contributed by atoms with van der Waals surface area (Å²) in [5.74, 6) is 0.0319. The average molecular weight is 252 g/mol. The van der Waals surface area contributed by atoms with Gasteiger partial charge in [0.15, 0.2) is 5.78 Å². The summed E-state index contributed by atoms with van der Waals surface area (Å²) in [4.78, 5) is 11.7. The summed E-state index contributed by atoms with van der Waals surface area (Å²) in [6.45, 7) is 4.25. The van der Waals surface area contributed by atoms with Crippen molar-refractivity contribution in [1.82, 2.24) is 0 Å². The van der Waals surface area contributed by atoms with Crippen molar-refractivity contribution in [3.63, 3.8) is 0 Å². The summed E-state index contributed by atoms with van der Waals surface area (Å²) < 4.78 is 0. The first-order valence-corrected chi connectivity index (χ1v) is 6.60. The molecular weight excluding hydrogens is 232 g/mol. The van der Waals surface area contributed by atoms with E-state index in [-0.39, 0.29) is 5.78 Å². The van der Waals surface area contributed by atoms with Gasteiger partial charge in [-0.15, -0.1) is 0 Å². The molecule has 2 rings (SSSR count). The molecule has 0 aliphatic heterocycles. The smallest absolute Gasteiger partial charge is 0.185 e. The van der Waals surface area contributed by atoms with Crippen molar-refractivity contribution < 1.29 is 4.79 Å². The van der Waals surface area contributed by atoms with E-state index in [9.17, 15) is 4.79 Å². The maximum Gasteiger partial charge on any atom is 0.185 e. The van der Waals surface area contributed by atoms with E-state index >= 15 is 0 Å². The zero-order valence-electron chi connectivity index (χ0n) is 11.5. The van der Waals surface area contributed by atoms with Crippen molar-refractivity contribution in [2.45, 2.75) is 20.3 Å². The molecule has 0 aromatic heterocycles. The quantitative estimate of drug-likeness (QED) is 0.555. The number of carbonyl (C=O) groups excluding carboxylic acids is 1. The van der Waals surface area contributed by atoms with Crippen molar-refractivity contribution in [1.29, 1.82) is 0 Å². The fraction of sp³-hybridized carbons (Fsp3) is 0.167. The third-order valence-electron chi connectivity index (χ3n) is 2.29. The number of carbonyl (C=O) groups is 1. The normalized spacial score (nSPS) is 9.79. The molecular formula is C18H20O. The van der Waals surface area contributed by atoms with Gasteiger partial charge in [0.05, 0.1) is 0 Å². The number of hydrogen-bond acceptors (Lipinski definition) is 1. The van der Waals surface area contributed by atoms with Crippen LogP contribution in [-0.4, -0.2) is 5.78 Å². The van der Waals surface area contributed by atoms with E-state index in [1.54, 1.807) is 6.08 Å². The van der Waals surface area contributed by atoms with Crippen LogP contribution < -0.4 is 0 Å². The molecule has 0 N–H and O–H groups in total. The molecule has 0 radical (unpaired) electrons. The predicted octanol–water partition coefficient (Wildman–Crippen LogP) is 5.00. The van der Waals surface area contributed by atoms with Crippen LogP contribution in [0.25, 0.3) is 6.08 Å². The average Bonchev–Trinajstić information content (AvgIpc) is 2.47. The SMILES string of the molecule is CCC.O=C(/C=C/c1ccccc1)c1ccccc1. The lowest BCUT2D eigenvalue weighted by Crippen LogP contribution is -1.92. The summed E-state index contributed by atoms with van der Waals surface area (Å²) in [6.07, 6.45) is 4.68. The summed E-state index contributed by atoms with van der Waals surface area (Å²) >= 11 is 0. The topological polar surface area (TPSA) is 17.1 Å². The van der Waals surface area contributed by atoms with Gasteiger partial charge in [-0.25, -0.2) is 0 Å². The molecule has 1 nitrogen and oxygen atoms in total. The highest BCUT2D eigenvalue weighted by Crippen LogP contribution is 2.05. The molecule has 19 heavy (non-hydrogen) atoms. The second kappa shape index (κ2) is 8.87. The van der Waals surface area contributed by atoms with E-state index in [4.69, 9.17) is 0 Å². The maximum absolute atomic E-state index is 11.7. The molecule has 0 saturated carbocycles. The Kier molecular flexibility index (Phi) is 6.96. The van der Waals surface area contributed by atoms with Gasteiger partial charge in [0.25, 0.3) is 0 Å². The first kappa shape index (κ1) is 14.9. The zero-order chi connectivity index (χ0) is 13.9. The van der Waals surface area contributed by atoms with E-state index in [1.165, 1.54) is 6.42 Å².